The number of piperazine rings is 1. The molecule has 40 heavy (non-hydrogen) atoms. The van der Waals surface area contributed by atoms with Gasteiger partial charge in [0, 0.05) is 56.8 Å². The van der Waals surface area contributed by atoms with Crippen molar-refractivity contribution in [2.45, 2.75) is 52.2 Å². The summed E-state index contributed by atoms with van der Waals surface area (Å²) in [5.74, 6) is -0.0581. The highest BCUT2D eigenvalue weighted by atomic mass is 16.2. The summed E-state index contributed by atoms with van der Waals surface area (Å²) >= 11 is 0. The van der Waals surface area contributed by atoms with Crippen molar-refractivity contribution in [3.05, 3.63) is 59.3 Å². The first-order chi connectivity index (χ1) is 19.2. The van der Waals surface area contributed by atoms with Crippen LogP contribution in [0.25, 0.3) is 10.9 Å². The van der Waals surface area contributed by atoms with Crippen LogP contribution >= 0.6 is 0 Å². The van der Waals surface area contributed by atoms with E-state index in [1.807, 2.05) is 47.5 Å². The average Bonchev–Trinajstić information content (AvgIpc) is 3.37. The maximum Gasteiger partial charge on any atom is 0.318 e. The van der Waals surface area contributed by atoms with Gasteiger partial charge >= 0.3 is 6.03 Å². The fourth-order valence-corrected chi connectivity index (χ4v) is 6.22. The minimum atomic E-state index is -0.654. The fraction of sp³-hybridized carbons (Fsp3) is 0.467. The molecule has 2 unspecified atom stereocenters. The lowest BCUT2D eigenvalue weighted by molar-refractivity contribution is -0.134. The Bertz CT molecular complexity index is 1450. The number of para-hydroxylation sites is 1. The van der Waals surface area contributed by atoms with Crippen LogP contribution in [-0.2, 0) is 29.0 Å². The number of aromatic amines is 1. The Kier molecular flexibility index (Phi) is 6.74. The van der Waals surface area contributed by atoms with Crippen LogP contribution in [0.3, 0.4) is 0 Å². The van der Waals surface area contributed by atoms with Gasteiger partial charge < -0.3 is 20.4 Å². The van der Waals surface area contributed by atoms with E-state index in [-0.39, 0.29) is 29.3 Å². The lowest BCUT2D eigenvalue weighted by atomic mass is 9.95. The van der Waals surface area contributed by atoms with Crippen molar-refractivity contribution in [3.63, 3.8) is 0 Å². The summed E-state index contributed by atoms with van der Waals surface area (Å²) in [6, 6.07) is 10.8. The summed E-state index contributed by atoms with van der Waals surface area (Å²) in [4.78, 5) is 45.8. The molecule has 6 rings (SSSR count). The normalized spacial score (nSPS) is 22.0. The van der Waals surface area contributed by atoms with Gasteiger partial charge in [-0.1, -0.05) is 45.0 Å². The Labute approximate surface area is 234 Å². The van der Waals surface area contributed by atoms with Gasteiger partial charge in [0.1, 0.15) is 6.04 Å². The highest BCUT2D eigenvalue weighted by Crippen LogP contribution is 2.29. The van der Waals surface area contributed by atoms with Crippen LogP contribution in [0.15, 0.2) is 42.6 Å². The minimum absolute atomic E-state index is 0.00462. The number of anilines is 1. The Hall–Kier alpha value is -3.92. The molecule has 3 aliphatic heterocycles. The molecule has 0 bridgehead atoms. The lowest BCUT2D eigenvalue weighted by Gasteiger charge is -2.40. The molecule has 1 fully saturated rings. The number of carbonyl (C=O) groups excluding carboxylic acids is 3. The SMILES string of the molecule is CC(C)(C)CN1Cc2c(ccc3[nH]ncc23)CC(NC(=O)N2CCN(C3Cc4ccccc4NC3=O)CC2)C1=O. The summed E-state index contributed by atoms with van der Waals surface area (Å²) in [5, 5.41) is 14.3. The number of carbonyl (C=O) groups is 3. The predicted molar refractivity (Wildman–Crippen MR) is 153 cm³/mol. The number of rotatable bonds is 3. The highest BCUT2D eigenvalue weighted by molar-refractivity contribution is 5.98. The molecule has 2 aromatic carbocycles. The number of urea groups is 1. The van der Waals surface area contributed by atoms with Gasteiger partial charge in [-0.3, -0.25) is 19.6 Å². The number of aromatic nitrogens is 2. The van der Waals surface area contributed by atoms with Crippen molar-refractivity contribution in [2.75, 3.05) is 38.0 Å². The van der Waals surface area contributed by atoms with Gasteiger partial charge in [-0.25, -0.2) is 4.79 Å². The van der Waals surface area contributed by atoms with Gasteiger partial charge in [-0.2, -0.15) is 5.10 Å². The van der Waals surface area contributed by atoms with Crippen LogP contribution in [0.2, 0.25) is 0 Å². The van der Waals surface area contributed by atoms with Gasteiger partial charge in [0.25, 0.3) is 0 Å². The van der Waals surface area contributed by atoms with Gasteiger partial charge in [0.15, 0.2) is 0 Å². The highest BCUT2D eigenvalue weighted by Gasteiger charge is 2.37. The molecule has 3 N–H and O–H groups in total. The summed E-state index contributed by atoms with van der Waals surface area (Å²) < 4.78 is 0. The van der Waals surface area contributed by atoms with E-state index in [4.69, 9.17) is 0 Å². The van der Waals surface area contributed by atoms with Crippen LogP contribution < -0.4 is 10.6 Å². The van der Waals surface area contributed by atoms with E-state index >= 15 is 0 Å². The standard InChI is InChI=1S/C30H37N7O3/c1-30(2,3)18-37-17-22-19(8-9-24-21(22)16-31-34-24)14-25(28(37)39)33-29(40)36-12-10-35(11-13-36)26-15-20-6-4-5-7-23(20)32-27(26)38/h4-9,16,25-26H,10-15,17-18H2,1-3H3,(H,31,34)(H,32,38)(H,33,40). The first kappa shape index (κ1) is 26.3. The van der Waals surface area contributed by atoms with Gasteiger partial charge in [-0.15, -0.1) is 0 Å². The second kappa shape index (κ2) is 10.2. The van der Waals surface area contributed by atoms with E-state index in [9.17, 15) is 14.4 Å². The number of nitrogens with one attached hydrogen (secondary N) is 3. The van der Waals surface area contributed by atoms with Crippen molar-refractivity contribution >= 4 is 34.4 Å². The fourth-order valence-electron chi connectivity index (χ4n) is 6.22. The Balaban J connectivity index is 1.14. The number of H-pyrrole nitrogens is 1. The number of benzene rings is 2. The second-order valence-electron chi connectivity index (χ2n) is 12.4. The summed E-state index contributed by atoms with van der Waals surface area (Å²) in [7, 11) is 0. The summed E-state index contributed by atoms with van der Waals surface area (Å²) in [6.45, 7) is 9.60. The molecule has 3 aliphatic rings. The summed E-state index contributed by atoms with van der Waals surface area (Å²) in [6.07, 6.45) is 2.92. The molecule has 0 saturated carbocycles. The molecule has 4 amide bonds. The lowest BCUT2D eigenvalue weighted by Crippen LogP contribution is -2.59. The van der Waals surface area contributed by atoms with E-state index in [2.05, 4.69) is 46.5 Å². The van der Waals surface area contributed by atoms with E-state index in [0.717, 1.165) is 33.3 Å². The first-order valence-electron chi connectivity index (χ1n) is 14.1. The first-order valence-corrected chi connectivity index (χ1v) is 14.1. The van der Waals surface area contributed by atoms with Crippen LogP contribution in [0.5, 0.6) is 0 Å². The van der Waals surface area contributed by atoms with E-state index < -0.39 is 6.04 Å². The molecule has 0 aliphatic carbocycles. The molecule has 210 valence electrons. The topological polar surface area (TPSA) is 114 Å². The van der Waals surface area contributed by atoms with Crippen molar-refractivity contribution < 1.29 is 14.4 Å². The Morgan fingerprint density at radius 1 is 1.02 bits per heavy atom. The third-order valence-electron chi connectivity index (χ3n) is 8.21. The van der Waals surface area contributed by atoms with Crippen molar-refractivity contribution in [2.24, 2.45) is 5.41 Å². The van der Waals surface area contributed by atoms with E-state index in [0.29, 0.717) is 52.1 Å². The molecule has 4 heterocycles. The zero-order valence-corrected chi connectivity index (χ0v) is 23.4. The number of nitrogens with zero attached hydrogens (tertiary/aromatic N) is 4. The molecule has 0 spiro atoms. The zero-order chi connectivity index (χ0) is 28.0. The van der Waals surface area contributed by atoms with Gasteiger partial charge in [-0.05, 0) is 40.7 Å². The van der Waals surface area contributed by atoms with E-state index in [1.165, 1.54) is 0 Å². The van der Waals surface area contributed by atoms with Crippen LogP contribution in [0.1, 0.15) is 37.5 Å². The van der Waals surface area contributed by atoms with Crippen molar-refractivity contribution in [1.82, 2.24) is 30.2 Å². The van der Waals surface area contributed by atoms with Crippen LogP contribution in [-0.4, -0.2) is 87.6 Å². The number of hydrogen-bond donors (Lipinski definition) is 3. The Morgan fingerprint density at radius 2 is 1.80 bits per heavy atom. The zero-order valence-electron chi connectivity index (χ0n) is 23.4. The molecule has 1 saturated heterocycles. The smallest absolute Gasteiger partial charge is 0.318 e. The van der Waals surface area contributed by atoms with Gasteiger partial charge in [0.2, 0.25) is 11.8 Å². The molecule has 2 atom stereocenters. The quantitative estimate of drug-likeness (QED) is 0.470. The third kappa shape index (κ3) is 5.15. The monoisotopic (exact) mass is 543 g/mol. The van der Waals surface area contributed by atoms with Gasteiger partial charge in [0.05, 0.1) is 17.8 Å². The maximum absolute atomic E-state index is 13.8. The Morgan fingerprint density at radius 3 is 2.58 bits per heavy atom. The predicted octanol–water partition coefficient (Wildman–Crippen LogP) is 2.75. The third-order valence-corrected chi connectivity index (χ3v) is 8.21. The van der Waals surface area contributed by atoms with Crippen LogP contribution in [0.4, 0.5) is 10.5 Å². The average molecular weight is 544 g/mol. The van der Waals surface area contributed by atoms with Crippen molar-refractivity contribution in [1.29, 1.82) is 0 Å². The number of hydrogen-bond acceptors (Lipinski definition) is 5. The number of amides is 4. The molecule has 3 aromatic rings. The largest absolute Gasteiger partial charge is 0.336 e. The second-order valence-corrected chi connectivity index (χ2v) is 12.4. The molecule has 10 nitrogen and oxygen atoms in total. The minimum Gasteiger partial charge on any atom is -0.336 e. The van der Waals surface area contributed by atoms with Crippen LogP contribution in [0, 0.1) is 5.41 Å². The molecule has 0 radical (unpaired) electrons. The molecule has 10 heteroatoms. The maximum atomic E-state index is 13.8. The molecular weight excluding hydrogens is 506 g/mol. The summed E-state index contributed by atoms with van der Waals surface area (Å²) in [5.41, 5.74) is 5.00. The van der Waals surface area contributed by atoms with Crippen molar-refractivity contribution in [3.8, 4) is 0 Å². The molecular formula is C30H37N7O3. The van der Waals surface area contributed by atoms with E-state index in [1.54, 1.807) is 4.90 Å². The number of fused-ring (bicyclic) bond motifs is 4. The molecule has 1 aromatic heterocycles.